The summed E-state index contributed by atoms with van der Waals surface area (Å²) in [4.78, 5) is 64.3. The maximum Gasteiger partial charge on any atom is 0.361 e. The molecule has 25 heavy (non-hydrogen) atoms. The van der Waals surface area contributed by atoms with Crippen LogP contribution in [0, 0.1) is 0 Å². The van der Waals surface area contributed by atoms with E-state index >= 15 is 0 Å². The lowest BCUT2D eigenvalue weighted by Gasteiger charge is -2.18. The van der Waals surface area contributed by atoms with Crippen LogP contribution in [0.2, 0.25) is 0 Å². The van der Waals surface area contributed by atoms with E-state index in [-0.39, 0.29) is 36.9 Å². The number of aliphatic hydroxyl groups is 1. The molecule has 0 spiro atoms. The maximum atomic E-state index is 12.2. The fourth-order valence-corrected chi connectivity index (χ4v) is 2.62. The van der Waals surface area contributed by atoms with Crippen LogP contribution < -0.4 is 0 Å². The van der Waals surface area contributed by atoms with Crippen LogP contribution >= 0.6 is 0 Å². The molecule has 3 rings (SSSR count). The fourth-order valence-electron chi connectivity index (χ4n) is 2.62. The van der Waals surface area contributed by atoms with E-state index in [1.807, 2.05) is 0 Å². The van der Waals surface area contributed by atoms with Gasteiger partial charge < -0.3 is 9.94 Å². The quantitative estimate of drug-likeness (QED) is 0.723. The second-order valence-electron chi connectivity index (χ2n) is 5.60. The molecule has 1 aromatic carbocycles. The predicted octanol–water partition coefficient (Wildman–Crippen LogP) is -0.359. The zero-order valence-corrected chi connectivity index (χ0v) is 13.0. The van der Waals surface area contributed by atoms with E-state index in [4.69, 9.17) is 0 Å². The minimum atomic E-state index is -1.69. The molecule has 2 aliphatic heterocycles. The van der Waals surface area contributed by atoms with Crippen molar-refractivity contribution >= 4 is 29.6 Å². The van der Waals surface area contributed by atoms with Crippen molar-refractivity contribution in [2.45, 2.75) is 25.4 Å². The number of benzene rings is 1. The normalized spacial score (nSPS) is 18.0. The maximum absolute atomic E-state index is 12.2. The summed E-state index contributed by atoms with van der Waals surface area (Å²) in [6, 6.07) is 6.29. The molecule has 1 aromatic rings. The van der Waals surface area contributed by atoms with Gasteiger partial charge in [0.2, 0.25) is 0 Å². The third-order valence-corrected chi connectivity index (χ3v) is 3.96. The van der Waals surface area contributed by atoms with Gasteiger partial charge in [0, 0.05) is 25.8 Å². The van der Waals surface area contributed by atoms with Crippen molar-refractivity contribution in [1.82, 2.24) is 9.96 Å². The minimum Gasteiger partial charge on any atom is -0.381 e. The second kappa shape index (κ2) is 6.44. The summed E-state index contributed by atoms with van der Waals surface area (Å²) in [5, 5.41) is 10.2. The lowest BCUT2D eigenvalue weighted by molar-refractivity contribution is -0.203. The van der Waals surface area contributed by atoms with E-state index in [1.165, 1.54) is 12.1 Å². The van der Waals surface area contributed by atoms with Gasteiger partial charge in [-0.2, -0.15) is 0 Å². The average molecular weight is 346 g/mol. The summed E-state index contributed by atoms with van der Waals surface area (Å²) in [5.74, 6) is -3.53. The van der Waals surface area contributed by atoms with Gasteiger partial charge in [-0.25, -0.2) is 4.79 Å². The van der Waals surface area contributed by atoms with Crippen LogP contribution in [-0.2, 0) is 19.2 Å². The Bertz CT molecular complexity index is 737. The van der Waals surface area contributed by atoms with Gasteiger partial charge in [-0.05, 0) is 12.1 Å². The van der Waals surface area contributed by atoms with Gasteiger partial charge in [-0.3, -0.25) is 24.1 Å². The number of amides is 4. The van der Waals surface area contributed by atoms with Gasteiger partial charge in [0.25, 0.3) is 23.6 Å². The van der Waals surface area contributed by atoms with Crippen molar-refractivity contribution < 1.29 is 33.9 Å². The Kier molecular flexibility index (Phi) is 4.32. The van der Waals surface area contributed by atoms with Crippen LogP contribution in [0.15, 0.2) is 24.3 Å². The highest BCUT2D eigenvalue weighted by atomic mass is 16.7. The molecule has 0 saturated carbocycles. The number of hydrogen-bond donors (Lipinski definition) is 1. The zero-order valence-electron chi connectivity index (χ0n) is 13.0. The first-order valence-electron chi connectivity index (χ1n) is 7.61. The van der Waals surface area contributed by atoms with Crippen molar-refractivity contribution in [3.63, 3.8) is 0 Å². The fraction of sp³-hybridized carbons (Fsp3) is 0.312. The second-order valence-corrected chi connectivity index (χ2v) is 5.60. The molecule has 0 aromatic heterocycles. The van der Waals surface area contributed by atoms with Gasteiger partial charge in [0.15, 0.2) is 6.10 Å². The van der Waals surface area contributed by atoms with E-state index in [0.29, 0.717) is 5.06 Å². The largest absolute Gasteiger partial charge is 0.381 e. The van der Waals surface area contributed by atoms with Crippen molar-refractivity contribution in [3.8, 4) is 0 Å². The van der Waals surface area contributed by atoms with E-state index < -0.39 is 35.7 Å². The highest BCUT2D eigenvalue weighted by Crippen LogP contribution is 2.23. The highest BCUT2D eigenvalue weighted by molar-refractivity contribution is 6.21. The smallest absolute Gasteiger partial charge is 0.361 e. The molecule has 1 atom stereocenters. The molecule has 1 N–H and O–H groups in total. The molecule has 130 valence electrons. The van der Waals surface area contributed by atoms with Crippen LogP contribution in [0.1, 0.15) is 40.0 Å². The first kappa shape index (κ1) is 16.8. The van der Waals surface area contributed by atoms with Gasteiger partial charge in [-0.15, -0.1) is 5.06 Å². The van der Waals surface area contributed by atoms with E-state index in [1.54, 1.807) is 12.1 Å². The van der Waals surface area contributed by atoms with Gasteiger partial charge in [0.1, 0.15) is 0 Å². The molecule has 2 aliphatic rings. The summed E-state index contributed by atoms with van der Waals surface area (Å²) in [5.41, 5.74) is 0.524. The topological polar surface area (TPSA) is 121 Å². The Hall–Kier alpha value is -3.07. The molecule has 2 heterocycles. The number of imide groups is 2. The number of aliphatic hydroxyl groups excluding tert-OH is 1. The molecule has 0 radical (unpaired) electrons. The van der Waals surface area contributed by atoms with Gasteiger partial charge >= 0.3 is 5.97 Å². The summed E-state index contributed by atoms with van der Waals surface area (Å²) in [6.45, 7) is -0.204. The molecule has 9 nitrogen and oxygen atoms in total. The number of hydroxylamine groups is 2. The molecule has 1 saturated heterocycles. The van der Waals surface area contributed by atoms with E-state index in [2.05, 4.69) is 4.84 Å². The van der Waals surface area contributed by atoms with Crippen LogP contribution in [0.4, 0.5) is 0 Å². The standard InChI is InChI=1S/C16H14N2O7/c19-11(16(24)25-18-12(20)5-6-13(18)21)7-8-17-14(22)9-3-1-2-4-10(9)15(17)23/h1-4,11,19H,5-8H2/t11-/m0/s1. The lowest BCUT2D eigenvalue weighted by Crippen LogP contribution is -2.39. The van der Waals surface area contributed by atoms with Crippen molar-refractivity contribution in [1.29, 1.82) is 0 Å². The Labute approximate surface area is 141 Å². The molecule has 1 fully saturated rings. The van der Waals surface area contributed by atoms with Crippen LogP contribution in [0.3, 0.4) is 0 Å². The first-order valence-corrected chi connectivity index (χ1v) is 7.61. The number of rotatable bonds is 5. The molecule has 0 unspecified atom stereocenters. The Morgan fingerprint density at radius 2 is 1.56 bits per heavy atom. The molecule has 9 heteroatoms. The summed E-state index contributed by atoms with van der Waals surface area (Å²) in [6.07, 6.45) is -2.08. The Morgan fingerprint density at radius 1 is 1.04 bits per heavy atom. The van der Waals surface area contributed by atoms with Crippen molar-refractivity contribution in [2.24, 2.45) is 0 Å². The van der Waals surface area contributed by atoms with Gasteiger partial charge in [-0.1, -0.05) is 12.1 Å². The zero-order chi connectivity index (χ0) is 18.1. The van der Waals surface area contributed by atoms with Crippen LogP contribution in [0.5, 0.6) is 0 Å². The number of hydrogen-bond acceptors (Lipinski definition) is 7. The first-order chi connectivity index (χ1) is 11.9. The van der Waals surface area contributed by atoms with Crippen LogP contribution in [0.25, 0.3) is 0 Å². The van der Waals surface area contributed by atoms with Gasteiger partial charge in [0.05, 0.1) is 11.1 Å². The lowest BCUT2D eigenvalue weighted by atomic mass is 10.1. The number of nitrogens with zero attached hydrogens (tertiary/aromatic N) is 2. The third kappa shape index (κ3) is 3.01. The van der Waals surface area contributed by atoms with Crippen molar-refractivity contribution in [3.05, 3.63) is 35.4 Å². The van der Waals surface area contributed by atoms with E-state index in [9.17, 15) is 29.1 Å². The minimum absolute atomic E-state index is 0.0583. The van der Waals surface area contributed by atoms with Crippen molar-refractivity contribution in [2.75, 3.05) is 6.54 Å². The van der Waals surface area contributed by atoms with Crippen LogP contribution in [-0.4, -0.2) is 57.3 Å². The molecule has 0 bridgehead atoms. The molecular formula is C16H14N2O7. The number of carbonyl (C=O) groups is 5. The highest BCUT2D eigenvalue weighted by Gasteiger charge is 2.37. The molecule has 4 amide bonds. The molecular weight excluding hydrogens is 332 g/mol. The summed E-state index contributed by atoms with van der Waals surface area (Å²) in [7, 11) is 0. The predicted molar refractivity (Wildman–Crippen MR) is 79.6 cm³/mol. The SMILES string of the molecule is O=C(ON1C(=O)CCC1=O)[C@@H](O)CCN1C(=O)c2ccccc2C1=O. The number of fused-ring (bicyclic) bond motifs is 1. The Morgan fingerprint density at radius 3 is 2.08 bits per heavy atom. The monoisotopic (exact) mass is 346 g/mol. The molecule has 0 aliphatic carbocycles. The summed E-state index contributed by atoms with van der Waals surface area (Å²) >= 11 is 0. The van der Waals surface area contributed by atoms with E-state index in [0.717, 1.165) is 4.90 Å². The number of carbonyl (C=O) groups excluding carboxylic acids is 5. The Balaban J connectivity index is 1.58. The average Bonchev–Trinajstić information content (AvgIpc) is 3.04. The third-order valence-electron chi connectivity index (χ3n) is 3.96. The summed E-state index contributed by atoms with van der Waals surface area (Å²) < 4.78 is 0.